The van der Waals surface area contributed by atoms with Crippen molar-refractivity contribution in [2.75, 3.05) is 26.4 Å². The summed E-state index contributed by atoms with van der Waals surface area (Å²) in [6.07, 6.45) is 0. The molecule has 0 heterocycles. The van der Waals surface area contributed by atoms with E-state index in [9.17, 15) is 18.4 Å². The van der Waals surface area contributed by atoms with Crippen LogP contribution in [0, 0.1) is 0 Å². The lowest BCUT2D eigenvalue weighted by Crippen LogP contribution is -2.39. The minimum atomic E-state index is -0.575. The van der Waals surface area contributed by atoms with E-state index < -0.39 is 13.3 Å². The molecule has 6 nitrogen and oxygen atoms in total. The Morgan fingerprint density at radius 1 is 0.629 bits per heavy atom. The van der Waals surface area contributed by atoms with Gasteiger partial charge in [0.25, 0.3) is 0 Å². The van der Waals surface area contributed by atoms with Gasteiger partial charge in [-0.2, -0.15) is 0 Å². The molecule has 0 spiro atoms. The third-order valence-electron chi connectivity index (χ3n) is 4.95. The zero-order valence-corrected chi connectivity index (χ0v) is 19.7. The maximum Gasteiger partial charge on any atom is 0.315 e. The molecule has 3 aromatic carbocycles. The van der Waals surface area contributed by atoms with Gasteiger partial charge in [-0.3, -0.25) is 0 Å². The Bertz CT molecular complexity index is 952. The summed E-state index contributed by atoms with van der Waals surface area (Å²) < 4.78 is 23.9. The van der Waals surface area contributed by atoms with Crippen LogP contribution in [-0.2, 0) is 0 Å². The fourth-order valence-corrected chi connectivity index (χ4v) is 3.23. The summed E-state index contributed by atoms with van der Waals surface area (Å²) in [5, 5.41) is 10.5. The number of halogens is 2. The van der Waals surface area contributed by atoms with Crippen LogP contribution in [0.2, 0.25) is 0 Å². The molecule has 0 radical (unpaired) electrons. The number of benzene rings is 3. The second-order valence-corrected chi connectivity index (χ2v) is 7.57. The number of amides is 4. The first-order valence-corrected chi connectivity index (χ1v) is 11.4. The van der Waals surface area contributed by atoms with E-state index in [1.165, 1.54) is 0 Å². The van der Waals surface area contributed by atoms with Gasteiger partial charge in [-0.1, -0.05) is 91.0 Å². The van der Waals surface area contributed by atoms with Crippen molar-refractivity contribution in [2.24, 2.45) is 0 Å². The predicted molar refractivity (Wildman–Crippen MR) is 135 cm³/mol. The SMILES string of the molecule is C[C@H](NC(=O)NCCF)c1ccccc1.O=C(NCCF)NC(c1ccccc1)c1ccccc1. The number of carbonyl (C=O) groups is 2. The van der Waals surface area contributed by atoms with Crippen LogP contribution in [0.5, 0.6) is 0 Å². The van der Waals surface area contributed by atoms with Gasteiger partial charge in [0.1, 0.15) is 13.3 Å². The van der Waals surface area contributed by atoms with Crippen molar-refractivity contribution in [3.63, 3.8) is 0 Å². The number of rotatable bonds is 9. The molecule has 0 saturated carbocycles. The Labute approximate surface area is 205 Å². The first-order chi connectivity index (χ1) is 17.0. The van der Waals surface area contributed by atoms with Gasteiger partial charge < -0.3 is 21.3 Å². The number of hydrogen-bond donors (Lipinski definition) is 4. The molecular formula is C27H32F2N4O2. The highest BCUT2D eigenvalue weighted by atomic mass is 19.1. The number of hydrogen-bond acceptors (Lipinski definition) is 2. The zero-order valence-electron chi connectivity index (χ0n) is 19.7. The molecule has 0 fully saturated rings. The Balaban J connectivity index is 0.000000258. The van der Waals surface area contributed by atoms with E-state index in [0.29, 0.717) is 0 Å². The molecule has 186 valence electrons. The average Bonchev–Trinajstić information content (AvgIpc) is 2.91. The Morgan fingerprint density at radius 2 is 1.00 bits per heavy atom. The summed E-state index contributed by atoms with van der Waals surface area (Å²) >= 11 is 0. The summed E-state index contributed by atoms with van der Waals surface area (Å²) in [6.45, 7) is 0.821. The minimum absolute atomic E-state index is 0.0160. The minimum Gasteiger partial charge on any atom is -0.336 e. The van der Waals surface area contributed by atoms with Crippen LogP contribution in [0.3, 0.4) is 0 Å². The standard InChI is InChI=1S/C16H17FN2O.C11H15FN2O/c17-11-12-18-16(20)19-15(13-7-3-1-4-8-13)14-9-5-2-6-10-14;1-9(10-5-3-2-4-6-10)14-11(15)13-8-7-12/h1-10,15H,11-12H2,(H2,18,19,20);2-6,9H,7-8H2,1H3,(H2,13,14,15)/t;9-/m.0/s1. The topological polar surface area (TPSA) is 82.3 Å². The molecule has 3 aromatic rings. The van der Waals surface area contributed by atoms with E-state index in [1.54, 1.807) is 0 Å². The molecule has 0 aliphatic rings. The summed E-state index contributed by atoms with van der Waals surface area (Å²) in [5.74, 6) is 0. The van der Waals surface area contributed by atoms with Crippen molar-refractivity contribution in [2.45, 2.75) is 19.0 Å². The lowest BCUT2D eigenvalue weighted by Gasteiger charge is -2.20. The van der Waals surface area contributed by atoms with Gasteiger partial charge in [-0.05, 0) is 23.6 Å². The van der Waals surface area contributed by atoms with E-state index >= 15 is 0 Å². The van der Waals surface area contributed by atoms with Crippen molar-refractivity contribution < 1.29 is 18.4 Å². The molecule has 0 aromatic heterocycles. The molecule has 35 heavy (non-hydrogen) atoms. The summed E-state index contributed by atoms with van der Waals surface area (Å²) in [5.41, 5.74) is 2.98. The first kappa shape index (κ1) is 27.3. The van der Waals surface area contributed by atoms with E-state index in [0.717, 1.165) is 16.7 Å². The number of alkyl halides is 2. The first-order valence-electron chi connectivity index (χ1n) is 11.4. The molecule has 0 unspecified atom stereocenters. The van der Waals surface area contributed by atoms with E-state index in [2.05, 4.69) is 21.3 Å². The summed E-state index contributed by atoms with van der Waals surface area (Å²) in [4.78, 5) is 23.0. The van der Waals surface area contributed by atoms with Gasteiger partial charge in [-0.25, -0.2) is 18.4 Å². The fourth-order valence-electron chi connectivity index (χ4n) is 3.23. The molecule has 1 atom stereocenters. The van der Waals surface area contributed by atoms with Crippen LogP contribution in [0.4, 0.5) is 18.4 Å². The highest BCUT2D eigenvalue weighted by molar-refractivity contribution is 5.75. The smallest absolute Gasteiger partial charge is 0.315 e. The summed E-state index contributed by atoms with van der Waals surface area (Å²) in [7, 11) is 0. The molecule has 0 saturated heterocycles. The Morgan fingerprint density at radius 3 is 1.40 bits per heavy atom. The molecular weight excluding hydrogens is 450 g/mol. The van der Waals surface area contributed by atoms with Crippen molar-refractivity contribution in [3.05, 3.63) is 108 Å². The molecule has 4 N–H and O–H groups in total. The van der Waals surface area contributed by atoms with Crippen molar-refractivity contribution in [3.8, 4) is 0 Å². The zero-order chi connectivity index (χ0) is 25.3. The van der Waals surface area contributed by atoms with Gasteiger partial charge in [0, 0.05) is 13.1 Å². The van der Waals surface area contributed by atoms with Crippen LogP contribution >= 0.6 is 0 Å². The van der Waals surface area contributed by atoms with Gasteiger partial charge in [0.15, 0.2) is 0 Å². The normalized spacial score (nSPS) is 11.0. The Hall–Kier alpha value is -3.94. The number of carbonyl (C=O) groups excluding carboxylic acids is 2. The van der Waals surface area contributed by atoms with Gasteiger partial charge in [-0.15, -0.1) is 0 Å². The molecule has 0 bridgehead atoms. The van der Waals surface area contributed by atoms with Crippen molar-refractivity contribution in [1.29, 1.82) is 0 Å². The molecule has 0 aliphatic carbocycles. The van der Waals surface area contributed by atoms with E-state index in [4.69, 9.17) is 0 Å². The monoisotopic (exact) mass is 482 g/mol. The van der Waals surface area contributed by atoms with Crippen LogP contribution in [0.1, 0.15) is 35.7 Å². The maximum absolute atomic E-state index is 12.1. The van der Waals surface area contributed by atoms with Crippen molar-refractivity contribution in [1.82, 2.24) is 21.3 Å². The van der Waals surface area contributed by atoms with Crippen LogP contribution in [-0.4, -0.2) is 38.5 Å². The Kier molecular flexibility index (Phi) is 12.3. The van der Waals surface area contributed by atoms with Crippen molar-refractivity contribution >= 4 is 12.1 Å². The molecule has 4 amide bonds. The number of urea groups is 2. The third-order valence-corrected chi connectivity index (χ3v) is 4.95. The molecule has 0 aliphatic heterocycles. The molecule has 3 rings (SSSR count). The van der Waals surface area contributed by atoms with Gasteiger partial charge in [0.05, 0.1) is 12.1 Å². The highest BCUT2D eigenvalue weighted by Crippen LogP contribution is 2.21. The molecule has 8 heteroatoms. The maximum atomic E-state index is 12.1. The largest absolute Gasteiger partial charge is 0.336 e. The van der Waals surface area contributed by atoms with E-state index in [1.807, 2.05) is 97.9 Å². The lowest BCUT2D eigenvalue weighted by molar-refractivity contribution is 0.236. The average molecular weight is 483 g/mol. The summed E-state index contributed by atoms with van der Waals surface area (Å²) in [6, 6.07) is 27.9. The van der Waals surface area contributed by atoms with Gasteiger partial charge >= 0.3 is 12.1 Å². The highest BCUT2D eigenvalue weighted by Gasteiger charge is 2.16. The van der Waals surface area contributed by atoms with Crippen LogP contribution < -0.4 is 21.3 Å². The number of nitrogens with one attached hydrogen (secondary N) is 4. The second kappa shape index (κ2) is 15.8. The lowest BCUT2D eigenvalue weighted by atomic mass is 9.99. The van der Waals surface area contributed by atoms with E-state index in [-0.39, 0.29) is 37.2 Å². The van der Waals surface area contributed by atoms with Crippen LogP contribution in [0.15, 0.2) is 91.0 Å². The predicted octanol–water partition coefficient (Wildman–Crippen LogP) is 5.06. The third kappa shape index (κ3) is 10.2. The van der Waals surface area contributed by atoms with Crippen LogP contribution in [0.25, 0.3) is 0 Å². The van der Waals surface area contributed by atoms with Gasteiger partial charge in [0.2, 0.25) is 0 Å². The quantitative estimate of drug-likeness (QED) is 0.344. The second-order valence-electron chi connectivity index (χ2n) is 7.57. The fraction of sp³-hybridized carbons (Fsp3) is 0.259.